The molecule has 100 valence electrons. The van der Waals surface area contributed by atoms with Crippen molar-refractivity contribution in [2.75, 3.05) is 0 Å². The van der Waals surface area contributed by atoms with Crippen LogP contribution in [0.25, 0.3) is 11.0 Å². The van der Waals surface area contributed by atoms with Crippen molar-refractivity contribution in [2.45, 2.75) is 19.8 Å². The van der Waals surface area contributed by atoms with Crippen molar-refractivity contribution in [3.05, 3.63) is 65.7 Å². The number of nitrogens with zero attached hydrogens (tertiary/aromatic N) is 1. The van der Waals surface area contributed by atoms with Crippen LogP contribution in [0, 0.1) is 6.92 Å². The number of carbonyl (C=O) groups is 1. The third-order valence-corrected chi connectivity index (χ3v) is 3.44. The molecule has 0 spiro atoms. The Kier molecular flexibility index (Phi) is 3.11. The molecule has 0 radical (unpaired) electrons. The lowest BCUT2D eigenvalue weighted by Crippen LogP contribution is -2.09. The van der Waals surface area contributed by atoms with Gasteiger partial charge >= 0.3 is 0 Å². The van der Waals surface area contributed by atoms with Gasteiger partial charge < -0.3 is 4.42 Å². The molecular weight excluding hydrogens is 250 g/mol. The summed E-state index contributed by atoms with van der Waals surface area (Å²) in [5.74, 6) is 0.0409. The summed E-state index contributed by atoms with van der Waals surface area (Å²) in [7, 11) is 0. The molecule has 20 heavy (non-hydrogen) atoms. The van der Waals surface area contributed by atoms with Crippen LogP contribution in [0.2, 0.25) is 0 Å². The van der Waals surface area contributed by atoms with E-state index in [1.165, 1.54) is 0 Å². The molecule has 3 nitrogen and oxygen atoms in total. The van der Waals surface area contributed by atoms with E-state index in [-0.39, 0.29) is 11.7 Å². The molecule has 1 aromatic carbocycles. The number of carbonyl (C=O) groups excluding carboxylic acids is 1. The minimum absolute atomic E-state index is 0.0439. The third kappa shape index (κ3) is 2.23. The lowest BCUT2D eigenvalue weighted by Gasteiger charge is -2.07. The molecule has 0 aliphatic heterocycles. The van der Waals surface area contributed by atoms with Crippen molar-refractivity contribution in [3.63, 3.8) is 0 Å². The lowest BCUT2D eigenvalue weighted by molar-refractivity contribution is 0.0939. The van der Waals surface area contributed by atoms with E-state index in [2.05, 4.69) is 4.98 Å². The van der Waals surface area contributed by atoms with Crippen molar-refractivity contribution in [1.29, 1.82) is 0 Å². The van der Waals surface area contributed by atoms with E-state index < -0.39 is 0 Å². The number of Topliss-reactive ketones (excluding diaryl/α,β-unsaturated/α-hetero) is 1. The number of hydrogen-bond acceptors (Lipinski definition) is 3. The number of furan rings is 1. The summed E-state index contributed by atoms with van der Waals surface area (Å²) in [6.07, 6.45) is 1.70. The van der Waals surface area contributed by atoms with Gasteiger partial charge in [0.2, 0.25) is 5.78 Å². The SMILES string of the molecule is Cc1ccc2oc(C(=O)C(C)c3ccccn3)cc2c1. The number of rotatable bonds is 3. The molecule has 1 atom stereocenters. The second-order valence-corrected chi connectivity index (χ2v) is 4.99. The molecule has 3 rings (SSSR count). The highest BCUT2D eigenvalue weighted by Crippen LogP contribution is 2.25. The Bertz CT molecular complexity index is 759. The number of ketones is 1. The molecular formula is C17H15NO2. The molecule has 1 unspecified atom stereocenters. The summed E-state index contributed by atoms with van der Waals surface area (Å²) in [6, 6.07) is 13.3. The molecule has 0 fully saturated rings. The van der Waals surface area contributed by atoms with E-state index in [4.69, 9.17) is 4.42 Å². The monoisotopic (exact) mass is 265 g/mol. The number of pyridine rings is 1. The molecule has 3 heteroatoms. The van der Waals surface area contributed by atoms with Crippen LogP contribution in [-0.2, 0) is 0 Å². The summed E-state index contributed by atoms with van der Waals surface area (Å²) >= 11 is 0. The van der Waals surface area contributed by atoms with E-state index in [9.17, 15) is 4.79 Å². The Hall–Kier alpha value is -2.42. The topological polar surface area (TPSA) is 43.1 Å². The number of benzene rings is 1. The highest BCUT2D eigenvalue weighted by atomic mass is 16.3. The van der Waals surface area contributed by atoms with Gasteiger partial charge in [-0.2, -0.15) is 0 Å². The first-order valence-electron chi connectivity index (χ1n) is 6.60. The first-order valence-corrected chi connectivity index (χ1v) is 6.60. The molecule has 3 aromatic rings. The summed E-state index contributed by atoms with van der Waals surface area (Å²) in [6.45, 7) is 3.87. The fraction of sp³-hybridized carbons (Fsp3) is 0.176. The van der Waals surface area contributed by atoms with Gasteiger partial charge in [-0.1, -0.05) is 17.7 Å². The summed E-state index contributed by atoms with van der Waals surface area (Å²) in [4.78, 5) is 16.7. The Morgan fingerprint density at radius 1 is 1.20 bits per heavy atom. The molecule has 0 saturated heterocycles. The van der Waals surface area contributed by atoms with Gasteiger partial charge in [0.15, 0.2) is 5.76 Å². The van der Waals surface area contributed by atoms with Crippen LogP contribution in [0.1, 0.15) is 34.7 Å². The maximum absolute atomic E-state index is 12.5. The molecule has 0 saturated carbocycles. The highest BCUT2D eigenvalue weighted by molar-refractivity contribution is 6.01. The fourth-order valence-electron chi connectivity index (χ4n) is 2.26. The van der Waals surface area contributed by atoms with Gasteiger partial charge in [0.05, 0.1) is 11.6 Å². The van der Waals surface area contributed by atoms with Crippen LogP contribution in [-0.4, -0.2) is 10.8 Å². The Morgan fingerprint density at radius 3 is 2.80 bits per heavy atom. The zero-order chi connectivity index (χ0) is 14.1. The van der Waals surface area contributed by atoms with Gasteiger partial charge in [0.1, 0.15) is 5.58 Å². The summed E-state index contributed by atoms with van der Waals surface area (Å²) in [5.41, 5.74) is 2.65. The van der Waals surface area contributed by atoms with Crippen LogP contribution in [0.3, 0.4) is 0 Å². The van der Waals surface area contributed by atoms with Crippen LogP contribution in [0.5, 0.6) is 0 Å². The molecule has 0 aliphatic rings. The second-order valence-electron chi connectivity index (χ2n) is 4.99. The smallest absolute Gasteiger partial charge is 0.206 e. The van der Waals surface area contributed by atoms with Crippen molar-refractivity contribution in [3.8, 4) is 0 Å². The Morgan fingerprint density at radius 2 is 2.05 bits per heavy atom. The fourth-order valence-corrected chi connectivity index (χ4v) is 2.26. The Balaban J connectivity index is 1.96. The maximum Gasteiger partial charge on any atom is 0.206 e. The lowest BCUT2D eigenvalue weighted by atomic mass is 10.00. The number of aryl methyl sites for hydroxylation is 1. The van der Waals surface area contributed by atoms with Crippen LogP contribution in [0.15, 0.2) is 53.1 Å². The predicted octanol–water partition coefficient (Wildman–Crippen LogP) is 4.12. The van der Waals surface area contributed by atoms with E-state index in [1.807, 2.05) is 56.3 Å². The average Bonchev–Trinajstić information content (AvgIpc) is 2.89. The summed E-state index contributed by atoms with van der Waals surface area (Å²) < 4.78 is 5.65. The number of aromatic nitrogens is 1. The van der Waals surface area contributed by atoms with Crippen LogP contribution < -0.4 is 0 Å². The van der Waals surface area contributed by atoms with Gasteiger partial charge in [-0.3, -0.25) is 9.78 Å². The largest absolute Gasteiger partial charge is 0.453 e. The summed E-state index contributed by atoms with van der Waals surface area (Å²) in [5, 5.41) is 0.960. The first kappa shape index (κ1) is 12.6. The van der Waals surface area contributed by atoms with Gasteiger partial charge in [-0.25, -0.2) is 0 Å². The van der Waals surface area contributed by atoms with Gasteiger partial charge in [-0.15, -0.1) is 0 Å². The van der Waals surface area contributed by atoms with E-state index in [0.29, 0.717) is 5.76 Å². The Labute approximate surface area is 117 Å². The normalized spacial score (nSPS) is 12.5. The molecule has 2 heterocycles. The predicted molar refractivity (Wildman–Crippen MR) is 77.9 cm³/mol. The van der Waals surface area contributed by atoms with E-state index in [1.54, 1.807) is 6.20 Å². The number of hydrogen-bond donors (Lipinski definition) is 0. The maximum atomic E-state index is 12.5. The highest BCUT2D eigenvalue weighted by Gasteiger charge is 2.21. The zero-order valence-corrected chi connectivity index (χ0v) is 11.5. The third-order valence-electron chi connectivity index (χ3n) is 3.44. The first-order chi connectivity index (χ1) is 9.65. The minimum atomic E-state index is -0.308. The van der Waals surface area contributed by atoms with Crippen molar-refractivity contribution in [1.82, 2.24) is 4.98 Å². The molecule has 0 amide bonds. The van der Waals surface area contributed by atoms with Gasteiger partial charge in [0, 0.05) is 11.6 Å². The zero-order valence-electron chi connectivity index (χ0n) is 11.5. The molecule has 0 aliphatic carbocycles. The van der Waals surface area contributed by atoms with E-state index >= 15 is 0 Å². The van der Waals surface area contributed by atoms with E-state index in [0.717, 1.165) is 22.2 Å². The molecule has 2 aromatic heterocycles. The van der Waals surface area contributed by atoms with Crippen LogP contribution in [0.4, 0.5) is 0 Å². The standard InChI is InChI=1S/C17H15NO2/c1-11-6-7-15-13(9-11)10-16(20-15)17(19)12(2)14-5-3-4-8-18-14/h3-10,12H,1-2H3. The van der Waals surface area contributed by atoms with Crippen molar-refractivity contribution in [2.24, 2.45) is 0 Å². The van der Waals surface area contributed by atoms with Crippen molar-refractivity contribution >= 4 is 16.8 Å². The van der Waals surface area contributed by atoms with Gasteiger partial charge in [0.25, 0.3) is 0 Å². The minimum Gasteiger partial charge on any atom is -0.453 e. The molecule has 0 bridgehead atoms. The quantitative estimate of drug-likeness (QED) is 0.669. The van der Waals surface area contributed by atoms with Gasteiger partial charge in [-0.05, 0) is 44.2 Å². The average molecular weight is 265 g/mol. The van der Waals surface area contributed by atoms with Crippen LogP contribution >= 0.6 is 0 Å². The second kappa shape index (κ2) is 4.93. The van der Waals surface area contributed by atoms with Crippen molar-refractivity contribution < 1.29 is 9.21 Å². The molecule has 0 N–H and O–H groups in total. The number of fused-ring (bicyclic) bond motifs is 1.